The number of benzene rings is 1. The van der Waals surface area contributed by atoms with Crippen LogP contribution in [0.2, 0.25) is 5.02 Å². The van der Waals surface area contributed by atoms with Crippen LogP contribution in [-0.4, -0.2) is 47.6 Å². The standard InChI is InChI=1S/C21H22ClFN4O4S2/c22-13-8-16-15(18(9-13)33(29,30)14-1-2-14)10-25-27(16)17(7-12-3-5-31-6-4-12)20(28)26-21-24-11-19(23)32-21/h8-12,14,17H,1-7H2,(H,24,26,28). The number of carbonyl (C=O) groups is 1. The SMILES string of the molecule is O=C(Nc1ncc(F)s1)C(CC1CCOCC1)n1ncc2c(S(=O)(=O)C3CC3)cc(Cl)cc21. The highest BCUT2D eigenvalue weighted by atomic mass is 35.5. The van der Waals surface area contributed by atoms with E-state index < -0.39 is 32.2 Å². The second-order valence-corrected chi connectivity index (χ2v) is 12.1. The molecule has 0 spiro atoms. The highest BCUT2D eigenvalue weighted by Crippen LogP contribution is 2.39. The van der Waals surface area contributed by atoms with Gasteiger partial charge in [-0.2, -0.15) is 9.49 Å². The van der Waals surface area contributed by atoms with Crippen molar-refractivity contribution < 1.29 is 22.3 Å². The van der Waals surface area contributed by atoms with Crippen LogP contribution in [0.5, 0.6) is 0 Å². The molecule has 3 aromatic rings. The minimum atomic E-state index is -3.53. The van der Waals surface area contributed by atoms with Crippen LogP contribution >= 0.6 is 22.9 Å². The van der Waals surface area contributed by atoms with Crippen LogP contribution in [0.15, 0.2) is 29.4 Å². The monoisotopic (exact) mass is 512 g/mol. The predicted octanol–water partition coefficient (Wildman–Crippen LogP) is 4.22. The van der Waals surface area contributed by atoms with Crippen LogP contribution in [0.4, 0.5) is 9.52 Å². The molecule has 1 atom stereocenters. The summed E-state index contributed by atoms with van der Waals surface area (Å²) in [7, 11) is -3.53. The Bertz CT molecular complexity index is 1300. The minimum Gasteiger partial charge on any atom is -0.381 e. The molecule has 33 heavy (non-hydrogen) atoms. The third-order valence-electron chi connectivity index (χ3n) is 6.12. The summed E-state index contributed by atoms with van der Waals surface area (Å²) in [6.07, 6.45) is 5.86. The number of ether oxygens (including phenoxy) is 1. The van der Waals surface area contributed by atoms with E-state index in [1.807, 2.05) is 0 Å². The summed E-state index contributed by atoms with van der Waals surface area (Å²) in [5.41, 5.74) is 0.472. The van der Waals surface area contributed by atoms with Crippen molar-refractivity contribution in [3.8, 4) is 0 Å². The molecule has 0 bridgehead atoms. The van der Waals surface area contributed by atoms with E-state index in [9.17, 15) is 17.6 Å². The molecule has 1 aliphatic heterocycles. The number of thiazole rings is 1. The zero-order chi connectivity index (χ0) is 23.2. The first-order valence-corrected chi connectivity index (χ1v) is 13.5. The third-order valence-corrected chi connectivity index (χ3v) is 9.34. The number of hydrogen-bond donors (Lipinski definition) is 1. The van der Waals surface area contributed by atoms with Gasteiger partial charge in [-0.1, -0.05) is 22.9 Å². The van der Waals surface area contributed by atoms with Gasteiger partial charge in [0, 0.05) is 23.6 Å². The average Bonchev–Trinajstić information content (AvgIpc) is 3.47. The van der Waals surface area contributed by atoms with Gasteiger partial charge in [0.1, 0.15) is 6.04 Å². The normalized spacial score (nSPS) is 18.5. The van der Waals surface area contributed by atoms with Gasteiger partial charge in [-0.05, 0) is 50.2 Å². The maximum atomic E-state index is 13.4. The fourth-order valence-corrected chi connectivity index (χ4v) is 6.93. The van der Waals surface area contributed by atoms with Crippen LogP contribution in [0.3, 0.4) is 0 Å². The molecule has 1 aromatic carbocycles. The van der Waals surface area contributed by atoms with E-state index in [0.29, 0.717) is 43.4 Å². The molecule has 12 heteroatoms. The molecule has 5 rings (SSSR count). The molecule has 1 saturated carbocycles. The number of fused-ring (bicyclic) bond motifs is 1. The number of anilines is 1. The Hall–Kier alpha value is -2.08. The molecule has 8 nitrogen and oxygen atoms in total. The number of aromatic nitrogens is 3. The van der Waals surface area contributed by atoms with E-state index in [-0.39, 0.29) is 21.0 Å². The molecule has 0 radical (unpaired) electrons. The van der Waals surface area contributed by atoms with Gasteiger partial charge < -0.3 is 10.1 Å². The van der Waals surface area contributed by atoms with Crippen molar-refractivity contribution in [2.24, 2.45) is 5.92 Å². The average molecular weight is 513 g/mol. The third kappa shape index (κ3) is 4.64. The molecule has 1 saturated heterocycles. The maximum Gasteiger partial charge on any atom is 0.251 e. The zero-order valence-corrected chi connectivity index (χ0v) is 19.9. The minimum absolute atomic E-state index is 0.144. The molecular formula is C21H22ClFN4O4S2. The lowest BCUT2D eigenvalue weighted by Crippen LogP contribution is -2.30. The Balaban J connectivity index is 1.55. The second-order valence-electron chi connectivity index (χ2n) is 8.44. The lowest BCUT2D eigenvalue weighted by Gasteiger charge is -2.26. The van der Waals surface area contributed by atoms with E-state index in [0.717, 1.165) is 30.4 Å². The van der Waals surface area contributed by atoms with Crippen molar-refractivity contribution in [3.05, 3.63) is 34.7 Å². The summed E-state index contributed by atoms with van der Waals surface area (Å²) >= 11 is 7.06. The topological polar surface area (TPSA) is 103 Å². The van der Waals surface area contributed by atoms with Gasteiger partial charge >= 0.3 is 0 Å². The van der Waals surface area contributed by atoms with Gasteiger partial charge in [0.25, 0.3) is 5.91 Å². The van der Waals surface area contributed by atoms with Crippen molar-refractivity contribution >= 4 is 54.7 Å². The lowest BCUT2D eigenvalue weighted by molar-refractivity contribution is -0.120. The second kappa shape index (κ2) is 8.94. The van der Waals surface area contributed by atoms with E-state index in [1.54, 1.807) is 6.07 Å². The highest BCUT2D eigenvalue weighted by molar-refractivity contribution is 7.92. The molecule has 2 aromatic heterocycles. The number of nitrogens with one attached hydrogen (secondary N) is 1. The van der Waals surface area contributed by atoms with Crippen molar-refractivity contribution in [2.45, 2.75) is 48.3 Å². The zero-order valence-electron chi connectivity index (χ0n) is 17.5. The fraction of sp³-hybridized carbons (Fsp3) is 0.476. The summed E-state index contributed by atoms with van der Waals surface area (Å²) < 4.78 is 46.4. The van der Waals surface area contributed by atoms with Gasteiger partial charge in [-0.25, -0.2) is 13.4 Å². The van der Waals surface area contributed by atoms with Gasteiger partial charge in [-0.3, -0.25) is 9.48 Å². The van der Waals surface area contributed by atoms with Gasteiger partial charge in [0.15, 0.2) is 20.1 Å². The first kappa shape index (κ1) is 22.7. The Morgan fingerprint density at radius 2 is 2.03 bits per heavy atom. The van der Waals surface area contributed by atoms with Crippen LogP contribution < -0.4 is 5.32 Å². The molecule has 1 amide bonds. The molecule has 2 aliphatic rings. The summed E-state index contributed by atoms with van der Waals surface area (Å²) in [6, 6.07) is 2.32. The van der Waals surface area contributed by atoms with Crippen molar-refractivity contribution in [2.75, 3.05) is 18.5 Å². The largest absolute Gasteiger partial charge is 0.381 e. The number of carbonyl (C=O) groups excluding carboxylic acids is 1. The summed E-state index contributed by atoms with van der Waals surface area (Å²) in [5.74, 6) is -0.178. The van der Waals surface area contributed by atoms with E-state index in [4.69, 9.17) is 16.3 Å². The van der Waals surface area contributed by atoms with Gasteiger partial charge in [0.2, 0.25) is 0 Å². The highest BCUT2D eigenvalue weighted by Gasteiger charge is 2.39. The number of hydrogen-bond acceptors (Lipinski definition) is 7. The maximum absolute atomic E-state index is 13.4. The molecule has 1 unspecified atom stereocenters. The van der Waals surface area contributed by atoms with Crippen molar-refractivity contribution in [1.82, 2.24) is 14.8 Å². The molecule has 2 fully saturated rings. The molecular weight excluding hydrogens is 491 g/mol. The van der Waals surface area contributed by atoms with Crippen LogP contribution in [0.25, 0.3) is 10.9 Å². The van der Waals surface area contributed by atoms with Crippen molar-refractivity contribution in [1.29, 1.82) is 0 Å². The van der Waals surface area contributed by atoms with Crippen LogP contribution in [0, 0.1) is 11.0 Å². The van der Waals surface area contributed by atoms with Crippen molar-refractivity contribution in [3.63, 3.8) is 0 Å². The quantitative estimate of drug-likeness (QED) is 0.508. The van der Waals surface area contributed by atoms with Gasteiger partial charge in [0.05, 0.1) is 28.1 Å². The van der Waals surface area contributed by atoms with E-state index >= 15 is 0 Å². The number of amides is 1. The Labute approximate surface area is 199 Å². The Kier molecular flexibility index (Phi) is 6.15. The summed E-state index contributed by atoms with van der Waals surface area (Å²) in [4.78, 5) is 17.3. The number of nitrogens with zero attached hydrogens (tertiary/aromatic N) is 3. The number of rotatable bonds is 7. The summed E-state index contributed by atoms with van der Waals surface area (Å²) in [5, 5.41) is 7.07. The van der Waals surface area contributed by atoms with Crippen LogP contribution in [-0.2, 0) is 19.4 Å². The van der Waals surface area contributed by atoms with Crippen LogP contribution in [0.1, 0.15) is 38.1 Å². The lowest BCUT2D eigenvalue weighted by atomic mass is 9.92. The fourth-order valence-electron chi connectivity index (χ4n) is 4.24. The number of halogens is 2. The van der Waals surface area contributed by atoms with E-state index in [1.165, 1.54) is 16.9 Å². The predicted molar refractivity (Wildman–Crippen MR) is 123 cm³/mol. The molecule has 176 valence electrons. The molecule has 3 heterocycles. The van der Waals surface area contributed by atoms with E-state index in [2.05, 4.69) is 15.4 Å². The molecule has 1 N–H and O–H groups in total. The summed E-state index contributed by atoms with van der Waals surface area (Å²) in [6.45, 7) is 1.23. The van der Waals surface area contributed by atoms with Gasteiger partial charge in [-0.15, -0.1) is 0 Å². The smallest absolute Gasteiger partial charge is 0.251 e. The Morgan fingerprint density at radius 1 is 1.27 bits per heavy atom. The first-order valence-electron chi connectivity index (χ1n) is 10.7. The molecule has 1 aliphatic carbocycles. The Morgan fingerprint density at radius 3 is 2.70 bits per heavy atom. The first-order chi connectivity index (χ1) is 15.8. The number of sulfone groups is 1.